The molecule has 0 aliphatic heterocycles. The van der Waals surface area contributed by atoms with Crippen molar-refractivity contribution in [3.05, 3.63) is 76.1 Å². The number of fused-ring (bicyclic) bond motifs is 1. The number of aryl methyl sites for hydroxylation is 3. The van der Waals surface area contributed by atoms with Crippen LogP contribution in [0.25, 0.3) is 16.6 Å². The van der Waals surface area contributed by atoms with Gasteiger partial charge in [-0.1, -0.05) is 36.0 Å². The SMILES string of the molecule is Cc1cccc(-n2c(C)nnc2SCCc2nc3ccccc3c(=O)[nH]2)c1. The van der Waals surface area contributed by atoms with Crippen molar-refractivity contribution < 1.29 is 0 Å². The lowest BCUT2D eigenvalue weighted by molar-refractivity contribution is 0.863. The van der Waals surface area contributed by atoms with E-state index < -0.39 is 0 Å². The van der Waals surface area contributed by atoms with Gasteiger partial charge in [-0.3, -0.25) is 9.36 Å². The van der Waals surface area contributed by atoms with Crippen LogP contribution in [0.15, 0.2) is 58.5 Å². The van der Waals surface area contributed by atoms with Crippen molar-refractivity contribution in [1.29, 1.82) is 0 Å². The van der Waals surface area contributed by atoms with Gasteiger partial charge in [0, 0.05) is 17.9 Å². The van der Waals surface area contributed by atoms with Crippen LogP contribution in [0.4, 0.5) is 0 Å². The lowest BCUT2D eigenvalue weighted by atomic mass is 10.2. The van der Waals surface area contributed by atoms with E-state index in [1.807, 2.05) is 35.8 Å². The zero-order chi connectivity index (χ0) is 18.8. The smallest absolute Gasteiger partial charge is 0.258 e. The van der Waals surface area contributed by atoms with Gasteiger partial charge in [-0.05, 0) is 43.7 Å². The Labute approximate surface area is 160 Å². The van der Waals surface area contributed by atoms with Gasteiger partial charge < -0.3 is 4.98 Å². The maximum atomic E-state index is 12.2. The average Bonchev–Trinajstić information content (AvgIpc) is 3.02. The third-order valence-corrected chi connectivity index (χ3v) is 5.22. The summed E-state index contributed by atoms with van der Waals surface area (Å²) in [7, 11) is 0. The first-order chi connectivity index (χ1) is 13.1. The molecule has 2 heterocycles. The number of nitrogens with one attached hydrogen (secondary N) is 1. The fraction of sp³-hybridized carbons (Fsp3) is 0.200. The second-order valence-electron chi connectivity index (χ2n) is 6.33. The molecule has 0 fully saturated rings. The quantitative estimate of drug-likeness (QED) is 0.539. The molecule has 0 saturated heterocycles. The second-order valence-corrected chi connectivity index (χ2v) is 7.39. The maximum absolute atomic E-state index is 12.2. The van der Waals surface area contributed by atoms with Gasteiger partial charge >= 0.3 is 0 Å². The molecule has 2 aromatic carbocycles. The fourth-order valence-corrected chi connectivity index (χ4v) is 3.94. The molecule has 4 rings (SSSR count). The summed E-state index contributed by atoms with van der Waals surface area (Å²) in [5, 5.41) is 9.98. The summed E-state index contributed by atoms with van der Waals surface area (Å²) in [4.78, 5) is 19.6. The Morgan fingerprint density at radius 1 is 1.07 bits per heavy atom. The van der Waals surface area contributed by atoms with Gasteiger partial charge in [-0.15, -0.1) is 10.2 Å². The predicted octanol–water partition coefficient (Wildman–Crippen LogP) is 3.46. The van der Waals surface area contributed by atoms with E-state index in [-0.39, 0.29) is 5.56 Å². The van der Waals surface area contributed by atoms with Crippen molar-refractivity contribution in [3.8, 4) is 5.69 Å². The van der Waals surface area contributed by atoms with Crippen molar-refractivity contribution >= 4 is 22.7 Å². The van der Waals surface area contributed by atoms with Crippen LogP contribution in [-0.4, -0.2) is 30.5 Å². The highest BCUT2D eigenvalue weighted by Crippen LogP contribution is 2.23. The number of aromatic nitrogens is 5. The number of hydrogen-bond acceptors (Lipinski definition) is 5. The largest absolute Gasteiger partial charge is 0.310 e. The third-order valence-electron chi connectivity index (χ3n) is 4.29. The van der Waals surface area contributed by atoms with Gasteiger partial charge in [0.1, 0.15) is 11.6 Å². The van der Waals surface area contributed by atoms with E-state index >= 15 is 0 Å². The Morgan fingerprint density at radius 3 is 2.78 bits per heavy atom. The van der Waals surface area contributed by atoms with E-state index in [4.69, 9.17) is 0 Å². The van der Waals surface area contributed by atoms with Gasteiger partial charge in [0.05, 0.1) is 10.9 Å². The summed E-state index contributed by atoms with van der Waals surface area (Å²) in [6.45, 7) is 4.01. The van der Waals surface area contributed by atoms with Crippen LogP contribution >= 0.6 is 11.8 Å². The lowest BCUT2D eigenvalue weighted by Crippen LogP contribution is -2.12. The molecule has 0 bridgehead atoms. The van der Waals surface area contributed by atoms with Crippen LogP contribution in [0, 0.1) is 13.8 Å². The summed E-state index contributed by atoms with van der Waals surface area (Å²) < 4.78 is 2.05. The van der Waals surface area contributed by atoms with Crippen LogP contribution in [0.5, 0.6) is 0 Å². The van der Waals surface area contributed by atoms with Gasteiger partial charge in [0.2, 0.25) is 0 Å². The molecule has 0 aliphatic carbocycles. The molecule has 0 radical (unpaired) electrons. The summed E-state index contributed by atoms with van der Waals surface area (Å²) in [5.41, 5.74) is 2.87. The summed E-state index contributed by atoms with van der Waals surface area (Å²) in [6, 6.07) is 15.6. The Morgan fingerprint density at radius 2 is 1.93 bits per heavy atom. The molecule has 0 unspecified atom stereocenters. The number of aromatic amines is 1. The average molecular weight is 377 g/mol. The maximum Gasteiger partial charge on any atom is 0.258 e. The zero-order valence-corrected chi connectivity index (χ0v) is 16.0. The summed E-state index contributed by atoms with van der Waals surface area (Å²) in [5.74, 6) is 2.27. The number of para-hydroxylation sites is 1. The Kier molecular flexibility index (Phi) is 4.77. The summed E-state index contributed by atoms with van der Waals surface area (Å²) >= 11 is 1.60. The standard InChI is InChI=1S/C20H19N5OS/c1-13-6-5-7-15(12-13)25-14(2)23-24-20(25)27-11-10-18-21-17-9-4-3-8-16(17)19(26)22-18/h3-9,12H,10-11H2,1-2H3,(H,21,22,26). The molecule has 2 aromatic heterocycles. The normalized spacial score (nSPS) is 11.2. The van der Waals surface area contributed by atoms with E-state index in [0.717, 1.165) is 27.9 Å². The topological polar surface area (TPSA) is 76.5 Å². The van der Waals surface area contributed by atoms with Crippen LogP contribution in [0.1, 0.15) is 17.2 Å². The molecule has 0 spiro atoms. The molecule has 0 aliphatic rings. The minimum Gasteiger partial charge on any atom is -0.310 e. The lowest BCUT2D eigenvalue weighted by Gasteiger charge is -2.09. The molecule has 1 N–H and O–H groups in total. The van der Waals surface area contributed by atoms with E-state index in [0.29, 0.717) is 17.6 Å². The van der Waals surface area contributed by atoms with Crippen LogP contribution in [0.3, 0.4) is 0 Å². The van der Waals surface area contributed by atoms with Crippen molar-refractivity contribution in [2.75, 3.05) is 5.75 Å². The minimum absolute atomic E-state index is 0.0978. The first kappa shape index (κ1) is 17.5. The highest BCUT2D eigenvalue weighted by atomic mass is 32.2. The highest BCUT2D eigenvalue weighted by Gasteiger charge is 2.12. The minimum atomic E-state index is -0.0978. The fourth-order valence-electron chi connectivity index (χ4n) is 2.99. The third kappa shape index (κ3) is 3.64. The molecule has 4 aromatic rings. The molecule has 0 saturated carbocycles. The molecule has 0 amide bonds. The highest BCUT2D eigenvalue weighted by molar-refractivity contribution is 7.99. The monoisotopic (exact) mass is 377 g/mol. The van der Waals surface area contributed by atoms with E-state index in [1.165, 1.54) is 5.56 Å². The van der Waals surface area contributed by atoms with Crippen molar-refractivity contribution in [2.45, 2.75) is 25.4 Å². The number of benzene rings is 2. The van der Waals surface area contributed by atoms with Crippen molar-refractivity contribution in [3.63, 3.8) is 0 Å². The number of hydrogen-bond donors (Lipinski definition) is 1. The van der Waals surface area contributed by atoms with Crippen LogP contribution in [-0.2, 0) is 6.42 Å². The van der Waals surface area contributed by atoms with Gasteiger partial charge in [-0.25, -0.2) is 4.98 Å². The number of nitrogens with zero attached hydrogens (tertiary/aromatic N) is 4. The first-order valence-corrected chi connectivity index (χ1v) is 9.70. The first-order valence-electron chi connectivity index (χ1n) is 8.71. The second kappa shape index (κ2) is 7.36. The molecule has 27 heavy (non-hydrogen) atoms. The van der Waals surface area contributed by atoms with Gasteiger partial charge in [0.15, 0.2) is 5.16 Å². The number of H-pyrrole nitrogens is 1. The molecule has 7 heteroatoms. The number of thioether (sulfide) groups is 1. The Balaban J connectivity index is 1.53. The van der Waals surface area contributed by atoms with Gasteiger partial charge in [-0.2, -0.15) is 0 Å². The predicted molar refractivity (Wildman–Crippen MR) is 108 cm³/mol. The van der Waals surface area contributed by atoms with E-state index in [9.17, 15) is 4.79 Å². The molecule has 0 atom stereocenters. The molecule has 6 nitrogen and oxygen atoms in total. The van der Waals surface area contributed by atoms with E-state index in [2.05, 4.69) is 45.3 Å². The van der Waals surface area contributed by atoms with Crippen LogP contribution < -0.4 is 5.56 Å². The van der Waals surface area contributed by atoms with Crippen LogP contribution in [0.2, 0.25) is 0 Å². The molecule has 136 valence electrons. The van der Waals surface area contributed by atoms with Crippen molar-refractivity contribution in [1.82, 2.24) is 24.7 Å². The van der Waals surface area contributed by atoms with Gasteiger partial charge in [0.25, 0.3) is 5.56 Å². The molecular formula is C20H19N5OS. The number of rotatable bonds is 5. The van der Waals surface area contributed by atoms with Crippen molar-refractivity contribution in [2.24, 2.45) is 0 Å². The zero-order valence-electron chi connectivity index (χ0n) is 15.1. The molecular weight excluding hydrogens is 358 g/mol. The van der Waals surface area contributed by atoms with E-state index in [1.54, 1.807) is 17.8 Å². The Bertz CT molecular complexity index is 1160. The summed E-state index contributed by atoms with van der Waals surface area (Å²) in [6.07, 6.45) is 0.643. The Hall–Kier alpha value is -2.93.